The second kappa shape index (κ2) is 4.48. The molecule has 0 saturated carbocycles. The van der Waals surface area contributed by atoms with E-state index in [-0.39, 0.29) is 5.69 Å². The first-order valence-corrected chi connectivity index (χ1v) is 5.40. The summed E-state index contributed by atoms with van der Waals surface area (Å²) in [6.07, 6.45) is 0. The third kappa shape index (κ3) is 1.92. The molecule has 6 nitrogen and oxygen atoms in total. The van der Waals surface area contributed by atoms with Crippen LogP contribution in [0.25, 0.3) is 11.3 Å². The molecular formula is C12H14N4O2. The van der Waals surface area contributed by atoms with Gasteiger partial charge in [-0.15, -0.1) is 0 Å². The Hall–Kier alpha value is -2.37. The maximum absolute atomic E-state index is 11.3. The number of benzene rings is 1. The van der Waals surface area contributed by atoms with Gasteiger partial charge in [0.25, 0.3) is 5.91 Å². The van der Waals surface area contributed by atoms with Crippen LogP contribution in [-0.2, 0) is 0 Å². The molecule has 0 unspecified atom stereocenters. The van der Waals surface area contributed by atoms with Crippen LogP contribution in [0.3, 0.4) is 0 Å². The van der Waals surface area contributed by atoms with Crippen molar-refractivity contribution in [3.8, 4) is 17.0 Å². The number of amides is 1. The van der Waals surface area contributed by atoms with Crippen LogP contribution in [-0.4, -0.2) is 28.4 Å². The number of nitrogens with one attached hydrogen (secondary N) is 1. The van der Waals surface area contributed by atoms with Crippen molar-refractivity contribution < 1.29 is 9.53 Å². The van der Waals surface area contributed by atoms with Crippen LogP contribution in [0, 0.1) is 13.8 Å². The number of primary amides is 1. The third-order valence-electron chi connectivity index (χ3n) is 2.66. The zero-order valence-electron chi connectivity index (χ0n) is 10.4. The van der Waals surface area contributed by atoms with Gasteiger partial charge >= 0.3 is 0 Å². The van der Waals surface area contributed by atoms with Crippen molar-refractivity contribution in [1.29, 1.82) is 0 Å². The van der Waals surface area contributed by atoms with Crippen molar-refractivity contribution in [1.82, 2.24) is 15.4 Å². The van der Waals surface area contributed by atoms with Crippen molar-refractivity contribution >= 4 is 5.91 Å². The normalized spacial score (nSPS) is 10.4. The van der Waals surface area contributed by atoms with Crippen LogP contribution >= 0.6 is 0 Å². The Morgan fingerprint density at radius 1 is 1.33 bits per heavy atom. The quantitative estimate of drug-likeness (QED) is 0.850. The molecule has 18 heavy (non-hydrogen) atoms. The number of hydrogen-bond acceptors (Lipinski definition) is 4. The molecule has 0 saturated heterocycles. The molecule has 0 spiro atoms. The molecule has 0 aliphatic heterocycles. The summed E-state index contributed by atoms with van der Waals surface area (Å²) in [6, 6.07) is 3.88. The molecule has 0 atom stereocenters. The number of aromatic amines is 1. The first-order valence-electron chi connectivity index (χ1n) is 5.40. The van der Waals surface area contributed by atoms with E-state index in [0.29, 0.717) is 17.0 Å². The van der Waals surface area contributed by atoms with Gasteiger partial charge in [0.2, 0.25) is 0 Å². The van der Waals surface area contributed by atoms with Crippen molar-refractivity contribution in [2.45, 2.75) is 13.8 Å². The predicted molar refractivity (Wildman–Crippen MR) is 66.4 cm³/mol. The van der Waals surface area contributed by atoms with Crippen molar-refractivity contribution in [3.63, 3.8) is 0 Å². The van der Waals surface area contributed by atoms with Gasteiger partial charge < -0.3 is 10.5 Å². The average Bonchev–Trinajstić information content (AvgIpc) is 2.76. The minimum absolute atomic E-state index is 0.110. The highest BCUT2D eigenvalue weighted by atomic mass is 16.5. The molecule has 6 heteroatoms. The Bertz CT molecular complexity index is 604. The summed E-state index contributed by atoms with van der Waals surface area (Å²) >= 11 is 0. The van der Waals surface area contributed by atoms with Crippen LogP contribution in [0.1, 0.15) is 21.6 Å². The SMILES string of the molecule is COc1c(C)cc(C)cc1-c1n[nH]nc1C(N)=O. The van der Waals surface area contributed by atoms with Gasteiger partial charge in [-0.05, 0) is 31.0 Å². The topological polar surface area (TPSA) is 93.9 Å². The first-order chi connectivity index (χ1) is 8.54. The molecule has 0 bridgehead atoms. The van der Waals surface area contributed by atoms with Crippen molar-refractivity contribution in [3.05, 3.63) is 29.0 Å². The molecule has 1 aromatic carbocycles. The van der Waals surface area contributed by atoms with Crippen LogP contribution < -0.4 is 10.5 Å². The molecule has 0 fully saturated rings. The smallest absolute Gasteiger partial charge is 0.271 e. The number of methoxy groups -OCH3 is 1. The number of carbonyl (C=O) groups excluding carboxylic acids is 1. The molecule has 1 aromatic heterocycles. The van der Waals surface area contributed by atoms with E-state index in [0.717, 1.165) is 11.1 Å². The maximum atomic E-state index is 11.3. The Labute approximate surface area is 104 Å². The van der Waals surface area contributed by atoms with Gasteiger partial charge in [0.15, 0.2) is 5.69 Å². The van der Waals surface area contributed by atoms with E-state index in [1.165, 1.54) is 0 Å². The molecule has 2 rings (SSSR count). The maximum Gasteiger partial charge on any atom is 0.271 e. The van der Waals surface area contributed by atoms with E-state index in [4.69, 9.17) is 10.5 Å². The van der Waals surface area contributed by atoms with Gasteiger partial charge in [0.05, 0.1) is 7.11 Å². The lowest BCUT2D eigenvalue weighted by molar-refractivity contribution is 0.0996. The van der Waals surface area contributed by atoms with Gasteiger partial charge in [-0.2, -0.15) is 15.4 Å². The zero-order chi connectivity index (χ0) is 13.3. The second-order valence-electron chi connectivity index (χ2n) is 4.05. The summed E-state index contributed by atoms with van der Waals surface area (Å²) in [5.74, 6) is 0.0389. The van der Waals surface area contributed by atoms with E-state index in [1.54, 1.807) is 7.11 Å². The number of nitrogens with two attached hydrogens (primary N) is 1. The number of H-pyrrole nitrogens is 1. The fourth-order valence-corrected chi connectivity index (χ4v) is 1.99. The van der Waals surface area contributed by atoms with Gasteiger partial charge in [0.1, 0.15) is 11.4 Å². The van der Waals surface area contributed by atoms with Crippen LogP contribution in [0.15, 0.2) is 12.1 Å². The third-order valence-corrected chi connectivity index (χ3v) is 2.66. The highest BCUT2D eigenvalue weighted by Gasteiger charge is 2.19. The molecule has 3 N–H and O–H groups in total. The highest BCUT2D eigenvalue weighted by molar-refractivity contribution is 5.97. The lowest BCUT2D eigenvalue weighted by atomic mass is 10.0. The molecular weight excluding hydrogens is 232 g/mol. The summed E-state index contributed by atoms with van der Waals surface area (Å²) in [5.41, 5.74) is 8.49. The minimum Gasteiger partial charge on any atom is -0.496 e. The van der Waals surface area contributed by atoms with Crippen molar-refractivity contribution in [2.75, 3.05) is 7.11 Å². The lowest BCUT2D eigenvalue weighted by Gasteiger charge is -2.11. The van der Waals surface area contributed by atoms with Gasteiger partial charge in [-0.3, -0.25) is 4.79 Å². The van der Waals surface area contributed by atoms with Gasteiger partial charge in [-0.25, -0.2) is 0 Å². The van der Waals surface area contributed by atoms with Gasteiger partial charge in [-0.1, -0.05) is 6.07 Å². The van der Waals surface area contributed by atoms with E-state index in [2.05, 4.69) is 15.4 Å². The number of ether oxygens (including phenoxy) is 1. The highest BCUT2D eigenvalue weighted by Crippen LogP contribution is 2.33. The number of nitrogens with zero attached hydrogens (tertiary/aromatic N) is 2. The largest absolute Gasteiger partial charge is 0.496 e. The standard InChI is InChI=1S/C12H14N4O2/c1-6-4-7(2)11(18-3)8(5-6)9-10(12(13)17)15-16-14-9/h4-5H,1-3H3,(H2,13,17)(H,14,15,16). The Balaban J connectivity index is 2.70. The Kier molecular flexibility index (Phi) is 3.01. The monoisotopic (exact) mass is 246 g/mol. The summed E-state index contributed by atoms with van der Waals surface area (Å²) in [5, 5.41) is 10.2. The number of rotatable bonds is 3. The van der Waals surface area contributed by atoms with E-state index in [1.807, 2.05) is 26.0 Å². The van der Waals surface area contributed by atoms with Crippen LogP contribution in [0.4, 0.5) is 0 Å². The van der Waals surface area contributed by atoms with Crippen molar-refractivity contribution in [2.24, 2.45) is 5.73 Å². The average molecular weight is 246 g/mol. The fourth-order valence-electron chi connectivity index (χ4n) is 1.99. The molecule has 0 radical (unpaired) electrons. The first kappa shape index (κ1) is 12.1. The van der Waals surface area contributed by atoms with E-state index < -0.39 is 5.91 Å². The van der Waals surface area contributed by atoms with E-state index in [9.17, 15) is 4.79 Å². The summed E-state index contributed by atoms with van der Waals surface area (Å²) < 4.78 is 5.36. The Morgan fingerprint density at radius 3 is 2.67 bits per heavy atom. The molecule has 2 aromatic rings. The Morgan fingerprint density at radius 2 is 2.06 bits per heavy atom. The van der Waals surface area contributed by atoms with Gasteiger partial charge in [0, 0.05) is 5.56 Å². The minimum atomic E-state index is -0.625. The zero-order valence-corrected chi connectivity index (χ0v) is 10.4. The lowest BCUT2D eigenvalue weighted by Crippen LogP contribution is -2.13. The summed E-state index contributed by atoms with van der Waals surface area (Å²) in [6.45, 7) is 3.89. The second-order valence-corrected chi connectivity index (χ2v) is 4.05. The number of aromatic nitrogens is 3. The summed E-state index contributed by atoms with van der Waals surface area (Å²) in [7, 11) is 1.57. The van der Waals surface area contributed by atoms with Crippen LogP contribution in [0.5, 0.6) is 5.75 Å². The van der Waals surface area contributed by atoms with E-state index >= 15 is 0 Å². The summed E-state index contributed by atoms with van der Waals surface area (Å²) in [4.78, 5) is 11.3. The molecule has 1 heterocycles. The predicted octanol–water partition coefficient (Wildman–Crippen LogP) is 1.20. The fraction of sp³-hybridized carbons (Fsp3) is 0.250. The molecule has 0 aliphatic carbocycles. The number of hydrogen-bond donors (Lipinski definition) is 2. The van der Waals surface area contributed by atoms with Crippen LogP contribution in [0.2, 0.25) is 0 Å². The molecule has 94 valence electrons. The molecule has 0 aliphatic rings. The molecule has 1 amide bonds. The number of aryl methyl sites for hydroxylation is 2. The number of carbonyl (C=O) groups is 1.